The normalized spacial score (nSPS) is 10.2. The molecule has 2 aromatic rings. The first kappa shape index (κ1) is 14.9. The van der Waals surface area contributed by atoms with E-state index in [1.54, 1.807) is 19.2 Å². The van der Waals surface area contributed by atoms with E-state index in [0.717, 1.165) is 0 Å². The van der Waals surface area contributed by atoms with Gasteiger partial charge in [0, 0.05) is 13.2 Å². The van der Waals surface area contributed by atoms with Crippen LogP contribution < -0.4 is 10.1 Å². The molecule has 21 heavy (non-hydrogen) atoms. The fourth-order valence-corrected chi connectivity index (χ4v) is 1.50. The van der Waals surface area contributed by atoms with Crippen LogP contribution in [0, 0.1) is 5.95 Å². The SMILES string of the molecule is COCCOc1ccc(NC(=O)c2cccc(F)n2)cn1. The Kier molecular flexibility index (Phi) is 5.16. The van der Waals surface area contributed by atoms with Gasteiger partial charge >= 0.3 is 0 Å². The molecule has 7 heteroatoms. The number of pyridine rings is 2. The van der Waals surface area contributed by atoms with Crippen molar-refractivity contribution in [2.75, 3.05) is 25.6 Å². The number of nitrogens with zero attached hydrogens (tertiary/aromatic N) is 2. The van der Waals surface area contributed by atoms with Crippen LogP contribution in [-0.2, 0) is 4.74 Å². The average molecular weight is 291 g/mol. The van der Waals surface area contributed by atoms with Gasteiger partial charge in [-0.25, -0.2) is 9.97 Å². The molecule has 1 N–H and O–H groups in total. The molecular weight excluding hydrogens is 277 g/mol. The zero-order chi connectivity index (χ0) is 15.1. The van der Waals surface area contributed by atoms with E-state index >= 15 is 0 Å². The van der Waals surface area contributed by atoms with Gasteiger partial charge < -0.3 is 14.8 Å². The van der Waals surface area contributed by atoms with Crippen LogP contribution in [0.25, 0.3) is 0 Å². The van der Waals surface area contributed by atoms with Gasteiger partial charge in [-0.2, -0.15) is 4.39 Å². The van der Waals surface area contributed by atoms with Crippen molar-refractivity contribution in [2.24, 2.45) is 0 Å². The number of carbonyl (C=O) groups excluding carboxylic acids is 1. The molecule has 0 aliphatic carbocycles. The van der Waals surface area contributed by atoms with Crippen molar-refractivity contribution < 1.29 is 18.7 Å². The van der Waals surface area contributed by atoms with E-state index in [0.29, 0.717) is 24.8 Å². The Hall–Kier alpha value is -2.54. The molecule has 2 aromatic heterocycles. The van der Waals surface area contributed by atoms with Crippen LogP contribution >= 0.6 is 0 Å². The molecule has 0 aliphatic heterocycles. The van der Waals surface area contributed by atoms with Crippen molar-refractivity contribution in [1.29, 1.82) is 0 Å². The number of amides is 1. The summed E-state index contributed by atoms with van der Waals surface area (Å²) in [6, 6.07) is 7.26. The van der Waals surface area contributed by atoms with Crippen LogP contribution in [0.15, 0.2) is 36.5 Å². The van der Waals surface area contributed by atoms with Crippen LogP contribution in [0.5, 0.6) is 5.88 Å². The summed E-state index contributed by atoms with van der Waals surface area (Å²) in [5.41, 5.74) is 0.459. The van der Waals surface area contributed by atoms with E-state index in [-0.39, 0.29) is 5.69 Å². The van der Waals surface area contributed by atoms with Gasteiger partial charge in [0.2, 0.25) is 11.8 Å². The van der Waals surface area contributed by atoms with E-state index < -0.39 is 11.9 Å². The molecule has 0 spiro atoms. The number of aromatic nitrogens is 2. The second-order valence-electron chi connectivity index (χ2n) is 4.03. The Morgan fingerprint density at radius 1 is 1.29 bits per heavy atom. The number of hydrogen-bond acceptors (Lipinski definition) is 5. The van der Waals surface area contributed by atoms with Crippen molar-refractivity contribution in [3.05, 3.63) is 48.2 Å². The highest BCUT2D eigenvalue weighted by molar-refractivity contribution is 6.02. The average Bonchev–Trinajstić information content (AvgIpc) is 2.49. The molecule has 0 saturated heterocycles. The molecule has 110 valence electrons. The molecule has 0 radical (unpaired) electrons. The molecule has 0 unspecified atom stereocenters. The lowest BCUT2D eigenvalue weighted by molar-refractivity contribution is 0.102. The van der Waals surface area contributed by atoms with Crippen LogP contribution in [0.3, 0.4) is 0 Å². The van der Waals surface area contributed by atoms with Gasteiger partial charge in [-0.15, -0.1) is 0 Å². The Morgan fingerprint density at radius 2 is 2.14 bits per heavy atom. The molecule has 0 atom stereocenters. The highest BCUT2D eigenvalue weighted by Crippen LogP contribution is 2.12. The van der Waals surface area contributed by atoms with Crippen LogP contribution in [-0.4, -0.2) is 36.2 Å². The van der Waals surface area contributed by atoms with Crippen molar-refractivity contribution >= 4 is 11.6 Å². The van der Waals surface area contributed by atoms with Gasteiger partial charge in [0.1, 0.15) is 12.3 Å². The summed E-state index contributed by atoms with van der Waals surface area (Å²) >= 11 is 0. The molecule has 0 saturated carbocycles. The third kappa shape index (κ3) is 4.50. The Morgan fingerprint density at radius 3 is 2.81 bits per heavy atom. The minimum atomic E-state index is -0.706. The number of anilines is 1. The maximum atomic E-state index is 12.9. The molecular formula is C14H14FN3O3. The first-order valence-electron chi connectivity index (χ1n) is 6.21. The van der Waals surface area contributed by atoms with Crippen molar-refractivity contribution in [3.8, 4) is 5.88 Å². The van der Waals surface area contributed by atoms with E-state index in [1.165, 1.54) is 24.4 Å². The first-order chi connectivity index (χ1) is 10.2. The van der Waals surface area contributed by atoms with Crippen LogP contribution in [0.1, 0.15) is 10.5 Å². The number of ether oxygens (including phenoxy) is 2. The van der Waals surface area contributed by atoms with Gasteiger partial charge in [-0.1, -0.05) is 6.07 Å². The van der Waals surface area contributed by atoms with Gasteiger partial charge in [0.05, 0.1) is 18.5 Å². The van der Waals surface area contributed by atoms with E-state index in [9.17, 15) is 9.18 Å². The zero-order valence-corrected chi connectivity index (χ0v) is 11.4. The third-order valence-electron chi connectivity index (χ3n) is 2.48. The highest BCUT2D eigenvalue weighted by atomic mass is 19.1. The minimum absolute atomic E-state index is 0.00424. The standard InChI is InChI=1S/C14H14FN3O3/c1-20-7-8-21-13-6-5-10(9-16-13)17-14(19)11-3-2-4-12(15)18-11/h2-6,9H,7-8H2,1H3,(H,17,19). The topological polar surface area (TPSA) is 73.3 Å². The Bertz CT molecular complexity index is 605. The Labute approximate surface area is 120 Å². The maximum Gasteiger partial charge on any atom is 0.274 e. The quantitative estimate of drug-likeness (QED) is 0.650. The zero-order valence-electron chi connectivity index (χ0n) is 11.4. The number of hydrogen-bond donors (Lipinski definition) is 1. The Balaban J connectivity index is 1.95. The third-order valence-corrected chi connectivity index (χ3v) is 2.48. The minimum Gasteiger partial charge on any atom is -0.475 e. The molecule has 0 aromatic carbocycles. The summed E-state index contributed by atoms with van der Waals surface area (Å²) in [4.78, 5) is 19.4. The second-order valence-corrected chi connectivity index (χ2v) is 4.03. The summed E-state index contributed by atoms with van der Waals surface area (Å²) in [6.07, 6.45) is 1.44. The van der Waals surface area contributed by atoms with E-state index in [2.05, 4.69) is 15.3 Å². The molecule has 1 amide bonds. The largest absolute Gasteiger partial charge is 0.475 e. The van der Waals surface area contributed by atoms with Crippen molar-refractivity contribution in [1.82, 2.24) is 9.97 Å². The summed E-state index contributed by atoms with van der Waals surface area (Å²) in [6.45, 7) is 0.855. The van der Waals surface area contributed by atoms with Crippen LogP contribution in [0.4, 0.5) is 10.1 Å². The fourth-order valence-electron chi connectivity index (χ4n) is 1.50. The summed E-state index contributed by atoms with van der Waals surface area (Å²) in [5, 5.41) is 2.57. The number of nitrogens with one attached hydrogen (secondary N) is 1. The summed E-state index contributed by atoms with van der Waals surface area (Å²) in [7, 11) is 1.58. The van der Waals surface area contributed by atoms with Crippen molar-refractivity contribution in [3.63, 3.8) is 0 Å². The van der Waals surface area contributed by atoms with Gasteiger partial charge in [0.25, 0.3) is 5.91 Å². The second kappa shape index (κ2) is 7.30. The number of rotatable bonds is 6. The fraction of sp³-hybridized carbons (Fsp3) is 0.214. The predicted molar refractivity (Wildman–Crippen MR) is 73.8 cm³/mol. The lowest BCUT2D eigenvalue weighted by Gasteiger charge is -2.07. The van der Waals surface area contributed by atoms with Gasteiger partial charge in [-0.05, 0) is 18.2 Å². The number of halogens is 1. The van der Waals surface area contributed by atoms with E-state index in [1.807, 2.05) is 0 Å². The number of methoxy groups -OCH3 is 1. The monoisotopic (exact) mass is 291 g/mol. The molecule has 2 rings (SSSR count). The van der Waals surface area contributed by atoms with Crippen LogP contribution in [0.2, 0.25) is 0 Å². The first-order valence-corrected chi connectivity index (χ1v) is 6.21. The molecule has 6 nitrogen and oxygen atoms in total. The molecule has 0 aliphatic rings. The molecule has 0 bridgehead atoms. The maximum absolute atomic E-state index is 12.9. The number of carbonyl (C=O) groups is 1. The van der Waals surface area contributed by atoms with E-state index in [4.69, 9.17) is 9.47 Å². The summed E-state index contributed by atoms with van der Waals surface area (Å²) < 4.78 is 23.1. The lowest BCUT2D eigenvalue weighted by Crippen LogP contribution is -2.14. The smallest absolute Gasteiger partial charge is 0.274 e. The van der Waals surface area contributed by atoms with Gasteiger partial charge in [0.15, 0.2) is 0 Å². The highest BCUT2D eigenvalue weighted by Gasteiger charge is 2.08. The molecule has 0 fully saturated rings. The molecule has 2 heterocycles. The summed E-state index contributed by atoms with van der Waals surface area (Å²) in [5.74, 6) is -0.791. The lowest BCUT2D eigenvalue weighted by atomic mass is 10.3. The predicted octanol–water partition coefficient (Wildman–Crippen LogP) is 1.89. The van der Waals surface area contributed by atoms with Crippen molar-refractivity contribution in [2.45, 2.75) is 0 Å². The van der Waals surface area contributed by atoms with Gasteiger partial charge in [-0.3, -0.25) is 4.79 Å².